The van der Waals surface area contributed by atoms with Crippen molar-refractivity contribution in [1.82, 2.24) is 0 Å². The second-order valence-corrected chi connectivity index (χ2v) is 7.07. The fourth-order valence-corrected chi connectivity index (χ4v) is 3.11. The van der Waals surface area contributed by atoms with Gasteiger partial charge in [-0.25, -0.2) is 0 Å². The molecule has 1 aromatic carbocycles. The van der Waals surface area contributed by atoms with Gasteiger partial charge in [0.2, 0.25) is 0 Å². The van der Waals surface area contributed by atoms with E-state index < -0.39 is 27.3 Å². The summed E-state index contributed by atoms with van der Waals surface area (Å²) in [5.74, 6) is -0.855. The SMILES string of the molecule is CC1(C)CC(=O)C(C=O)(Cc2ccc([N+](=O)[O-])cc2Cl)C(=O)C1. The summed E-state index contributed by atoms with van der Waals surface area (Å²) in [6.07, 6.45) is 0.482. The van der Waals surface area contributed by atoms with Crippen LogP contribution in [0.5, 0.6) is 0 Å². The van der Waals surface area contributed by atoms with Crippen LogP contribution in [-0.2, 0) is 20.8 Å². The molecule has 0 atom stereocenters. The van der Waals surface area contributed by atoms with Crippen molar-refractivity contribution < 1.29 is 19.3 Å². The van der Waals surface area contributed by atoms with E-state index in [4.69, 9.17) is 11.6 Å². The standard InChI is InChI=1S/C16H16ClNO5/c1-15(2)7-13(20)16(9-19,14(21)8-15)6-10-3-4-11(18(22)23)5-12(10)17/h3-5,9H,6-8H2,1-2H3. The van der Waals surface area contributed by atoms with E-state index in [-0.39, 0.29) is 30.0 Å². The number of rotatable bonds is 4. The summed E-state index contributed by atoms with van der Waals surface area (Å²) < 4.78 is 0. The Bertz CT molecular complexity index is 690. The van der Waals surface area contributed by atoms with Gasteiger partial charge in [-0.1, -0.05) is 31.5 Å². The normalized spacial score (nSPS) is 19.4. The third kappa shape index (κ3) is 3.17. The van der Waals surface area contributed by atoms with E-state index >= 15 is 0 Å². The molecular weight excluding hydrogens is 322 g/mol. The molecule has 1 aliphatic carbocycles. The van der Waals surface area contributed by atoms with Crippen LogP contribution in [0.25, 0.3) is 0 Å². The van der Waals surface area contributed by atoms with Gasteiger partial charge in [0, 0.05) is 31.4 Å². The average Bonchev–Trinajstić information content (AvgIpc) is 2.43. The van der Waals surface area contributed by atoms with Gasteiger partial charge >= 0.3 is 0 Å². The Kier molecular flexibility index (Phi) is 4.39. The maximum absolute atomic E-state index is 12.5. The number of nitro groups is 1. The Morgan fingerprint density at radius 2 is 1.83 bits per heavy atom. The van der Waals surface area contributed by atoms with Crippen molar-refractivity contribution in [3.05, 3.63) is 38.9 Å². The first-order valence-electron chi connectivity index (χ1n) is 7.07. The molecule has 0 aromatic heterocycles. The molecule has 0 unspecified atom stereocenters. The lowest BCUT2D eigenvalue weighted by molar-refractivity contribution is -0.384. The van der Waals surface area contributed by atoms with E-state index in [0.29, 0.717) is 11.8 Å². The summed E-state index contributed by atoms with van der Waals surface area (Å²) in [6, 6.07) is 3.77. The lowest BCUT2D eigenvalue weighted by Crippen LogP contribution is -2.50. The molecule has 0 saturated heterocycles. The number of nitro benzene ring substituents is 1. The summed E-state index contributed by atoms with van der Waals surface area (Å²) in [6.45, 7) is 3.60. The van der Waals surface area contributed by atoms with Gasteiger partial charge in [-0.3, -0.25) is 19.7 Å². The van der Waals surface area contributed by atoms with E-state index in [2.05, 4.69) is 0 Å². The van der Waals surface area contributed by atoms with Gasteiger partial charge in [-0.2, -0.15) is 0 Å². The maximum atomic E-state index is 12.5. The Balaban J connectivity index is 2.40. The molecule has 0 amide bonds. The molecule has 7 heteroatoms. The van der Waals surface area contributed by atoms with Gasteiger partial charge in [0.1, 0.15) is 11.7 Å². The number of carbonyl (C=O) groups is 3. The quantitative estimate of drug-likeness (QED) is 0.364. The smallest absolute Gasteiger partial charge is 0.270 e. The zero-order valence-electron chi connectivity index (χ0n) is 12.8. The highest BCUT2D eigenvalue weighted by atomic mass is 35.5. The Hall–Kier alpha value is -2.08. The van der Waals surface area contributed by atoms with Crippen LogP contribution in [-0.4, -0.2) is 22.8 Å². The number of ketones is 2. The highest BCUT2D eigenvalue weighted by Gasteiger charge is 2.52. The van der Waals surface area contributed by atoms with Crippen LogP contribution < -0.4 is 0 Å². The molecule has 6 nitrogen and oxygen atoms in total. The average molecular weight is 338 g/mol. The van der Waals surface area contributed by atoms with Crippen LogP contribution in [0.15, 0.2) is 18.2 Å². The van der Waals surface area contributed by atoms with Gasteiger partial charge in [0.15, 0.2) is 11.6 Å². The van der Waals surface area contributed by atoms with Gasteiger partial charge in [-0.05, 0) is 11.0 Å². The van der Waals surface area contributed by atoms with Gasteiger partial charge in [0.05, 0.1) is 9.95 Å². The van der Waals surface area contributed by atoms with Crippen molar-refractivity contribution >= 4 is 35.1 Å². The van der Waals surface area contributed by atoms with Crippen LogP contribution in [0, 0.1) is 20.9 Å². The number of carbonyl (C=O) groups excluding carboxylic acids is 3. The third-order valence-electron chi connectivity index (χ3n) is 4.19. The van der Waals surface area contributed by atoms with E-state index in [1.54, 1.807) is 13.8 Å². The molecule has 1 saturated carbocycles. The van der Waals surface area contributed by atoms with Crippen molar-refractivity contribution in [2.24, 2.45) is 10.8 Å². The van der Waals surface area contributed by atoms with E-state index in [1.807, 2.05) is 0 Å². The fourth-order valence-electron chi connectivity index (χ4n) is 2.87. The van der Waals surface area contributed by atoms with Crippen molar-refractivity contribution in [3.8, 4) is 0 Å². The largest absolute Gasteiger partial charge is 0.302 e. The highest BCUT2D eigenvalue weighted by Crippen LogP contribution is 2.42. The monoisotopic (exact) mass is 337 g/mol. The van der Waals surface area contributed by atoms with Crippen LogP contribution in [0.2, 0.25) is 5.02 Å². The minimum absolute atomic E-state index is 0.0610. The summed E-state index contributed by atoms with van der Waals surface area (Å²) in [7, 11) is 0. The van der Waals surface area contributed by atoms with E-state index in [0.717, 1.165) is 6.07 Å². The first-order chi connectivity index (χ1) is 10.6. The lowest BCUT2D eigenvalue weighted by atomic mass is 9.62. The molecule has 0 spiro atoms. The number of nitrogens with zero attached hydrogens (tertiary/aromatic N) is 1. The molecule has 0 bridgehead atoms. The summed E-state index contributed by atoms with van der Waals surface area (Å²) >= 11 is 6.02. The van der Waals surface area contributed by atoms with Crippen LogP contribution >= 0.6 is 11.6 Å². The second-order valence-electron chi connectivity index (χ2n) is 6.66. The van der Waals surface area contributed by atoms with Crippen LogP contribution in [0.4, 0.5) is 5.69 Å². The van der Waals surface area contributed by atoms with Gasteiger partial charge in [0.25, 0.3) is 5.69 Å². The molecule has 1 aliphatic rings. The van der Waals surface area contributed by atoms with Crippen molar-refractivity contribution in [3.63, 3.8) is 0 Å². The number of aldehydes is 1. The topological polar surface area (TPSA) is 94.3 Å². The minimum atomic E-state index is -1.74. The number of hydrogen-bond acceptors (Lipinski definition) is 5. The Morgan fingerprint density at radius 3 is 2.26 bits per heavy atom. The van der Waals surface area contributed by atoms with Crippen molar-refractivity contribution in [1.29, 1.82) is 0 Å². The highest BCUT2D eigenvalue weighted by molar-refractivity contribution is 6.31. The van der Waals surface area contributed by atoms with Gasteiger partial charge < -0.3 is 4.79 Å². The number of Topliss-reactive ketones (excluding diaryl/α,β-unsaturated/α-hetero) is 2. The number of non-ortho nitro benzene ring substituents is 1. The molecule has 0 radical (unpaired) electrons. The van der Waals surface area contributed by atoms with Crippen molar-refractivity contribution in [2.45, 2.75) is 33.1 Å². The zero-order chi connectivity index (χ0) is 17.4. The summed E-state index contributed by atoms with van der Waals surface area (Å²) in [4.78, 5) is 46.7. The Morgan fingerprint density at radius 1 is 1.26 bits per heavy atom. The van der Waals surface area contributed by atoms with E-state index in [1.165, 1.54) is 12.1 Å². The second kappa shape index (κ2) is 5.85. The van der Waals surface area contributed by atoms with Crippen LogP contribution in [0.3, 0.4) is 0 Å². The molecule has 0 aliphatic heterocycles. The minimum Gasteiger partial charge on any atom is -0.302 e. The molecule has 122 valence electrons. The first kappa shape index (κ1) is 17.3. The van der Waals surface area contributed by atoms with E-state index in [9.17, 15) is 24.5 Å². The predicted octanol–water partition coefficient (Wildman–Crippen LogP) is 2.93. The van der Waals surface area contributed by atoms with Gasteiger partial charge in [-0.15, -0.1) is 0 Å². The molecule has 0 heterocycles. The third-order valence-corrected chi connectivity index (χ3v) is 4.54. The molecule has 0 N–H and O–H groups in total. The Labute approximate surface area is 138 Å². The van der Waals surface area contributed by atoms with Crippen LogP contribution in [0.1, 0.15) is 32.3 Å². The maximum Gasteiger partial charge on any atom is 0.270 e. The fraction of sp³-hybridized carbons (Fsp3) is 0.438. The summed E-state index contributed by atoms with van der Waals surface area (Å²) in [5.41, 5.74) is -2.04. The molecule has 2 rings (SSSR count). The number of benzene rings is 1. The molecule has 1 aromatic rings. The summed E-state index contributed by atoms with van der Waals surface area (Å²) in [5, 5.41) is 10.8. The molecular formula is C16H16ClNO5. The number of hydrogen-bond donors (Lipinski definition) is 0. The molecule has 1 fully saturated rings. The predicted molar refractivity (Wildman–Crippen MR) is 83.3 cm³/mol. The first-order valence-corrected chi connectivity index (χ1v) is 7.45. The number of halogens is 1. The van der Waals surface area contributed by atoms with Crippen molar-refractivity contribution in [2.75, 3.05) is 0 Å². The molecule has 23 heavy (non-hydrogen) atoms. The lowest BCUT2D eigenvalue weighted by Gasteiger charge is -2.37. The zero-order valence-corrected chi connectivity index (χ0v) is 13.6.